The van der Waals surface area contributed by atoms with Crippen LogP contribution in [0.3, 0.4) is 0 Å². The number of likely N-dealkylation sites (tertiary alicyclic amines) is 2. The monoisotopic (exact) mass is 388 g/mol. The Bertz CT molecular complexity index is 543. The van der Waals surface area contributed by atoms with Gasteiger partial charge in [0.15, 0.2) is 0 Å². The van der Waals surface area contributed by atoms with Gasteiger partial charge in [-0.05, 0) is 62.2 Å². The number of hydrogen-bond acceptors (Lipinski definition) is 2. The number of carbonyl (C=O) groups is 2. The third-order valence-corrected chi connectivity index (χ3v) is 8.37. The van der Waals surface area contributed by atoms with Gasteiger partial charge in [-0.15, -0.1) is 0 Å². The van der Waals surface area contributed by atoms with E-state index in [-0.39, 0.29) is 0 Å². The van der Waals surface area contributed by atoms with Crippen molar-refractivity contribution < 1.29 is 9.59 Å². The quantitative estimate of drug-likeness (QED) is 0.681. The van der Waals surface area contributed by atoms with E-state index in [9.17, 15) is 9.59 Å². The summed E-state index contributed by atoms with van der Waals surface area (Å²) in [6.45, 7) is 3.81. The van der Waals surface area contributed by atoms with Gasteiger partial charge in [-0.25, -0.2) is 0 Å². The van der Waals surface area contributed by atoms with Crippen molar-refractivity contribution in [3.05, 3.63) is 0 Å². The first-order valence-electron chi connectivity index (χ1n) is 12.2. The highest BCUT2D eigenvalue weighted by atomic mass is 16.2. The predicted molar refractivity (Wildman–Crippen MR) is 112 cm³/mol. The molecule has 28 heavy (non-hydrogen) atoms. The van der Waals surface area contributed by atoms with Gasteiger partial charge < -0.3 is 9.80 Å². The maximum Gasteiger partial charge on any atom is 0.222 e. The molecule has 158 valence electrons. The molecule has 4 aliphatic rings. The standard InChI is InChI=1S/C24H40N2O2/c27-22(25-15-7-8-16-25)12-11-21-18-26(19-24(21)13-5-2-6-14-24)23(28)17-20-9-3-1-4-10-20/h20-21H,1-19H2. The summed E-state index contributed by atoms with van der Waals surface area (Å²) >= 11 is 0. The molecule has 0 bridgehead atoms. The van der Waals surface area contributed by atoms with Crippen molar-refractivity contribution >= 4 is 11.8 Å². The highest BCUT2D eigenvalue weighted by molar-refractivity contribution is 5.77. The van der Waals surface area contributed by atoms with Crippen LogP contribution in [0, 0.1) is 17.3 Å². The van der Waals surface area contributed by atoms with E-state index in [2.05, 4.69) is 9.80 Å². The van der Waals surface area contributed by atoms with Crippen LogP contribution in [0.5, 0.6) is 0 Å². The SMILES string of the molecule is O=C(CCC1CN(C(=O)CC2CCCCC2)CC12CCCCC2)N1CCCC1. The average molecular weight is 389 g/mol. The maximum atomic E-state index is 13.1. The van der Waals surface area contributed by atoms with Gasteiger partial charge in [0.1, 0.15) is 0 Å². The molecule has 0 aromatic rings. The number of nitrogens with zero attached hydrogens (tertiary/aromatic N) is 2. The zero-order chi connectivity index (χ0) is 19.4. The van der Waals surface area contributed by atoms with Gasteiger partial charge in [-0.1, -0.05) is 38.5 Å². The Hall–Kier alpha value is -1.06. The van der Waals surface area contributed by atoms with Crippen LogP contribution in [-0.4, -0.2) is 47.8 Å². The van der Waals surface area contributed by atoms with Crippen LogP contribution in [0.25, 0.3) is 0 Å². The summed E-state index contributed by atoms with van der Waals surface area (Å²) in [4.78, 5) is 30.0. The molecule has 1 unspecified atom stereocenters. The van der Waals surface area contributed by atoms with E-state index >= 15 is 0 Å². The van der Waals surface area contributed by atoms with Gasteiger partial charge in [-0.3, -0.25) is 9.59 Å². The van der Waals surface area contributed by atoms with Crippen LogP contribution >= 0.6 is 0 Å². The second kappa shape index (κ2) is 9.17. The summed E-state index contributed by atoms with van der Waals surface area (Å²) in [5.41, 5.74) is 0.311. The third-order valence-electron chi connectivity index (χ3n) is 8.37. The maximum absolute atomic E-state index is 13.1. The second-order valence-electron chi connectivity index (χ2n) is 10.2. The van der Waals surface area contributed by atoms with Crippen molar-refractivity contribution in [2.45, 2.75) is 96.3 Å². The van der Waals surface area contributed by atoms with Crippen LogP contribution in [0.15, 0.2) is 0 Å². The molecule has 4 fully saturated rings. The number of amides is 2. The molecule has 4 heteroatoms. The molecule has 2 saturated heterocycles. The Morgan fingerprint density at radius 3 is 2.18 bits per heavy atom. The van der Waals surface area contributed by atoms with Gasteiger partial charge in [0.25, 0.3) is 0 Å². The van der Waals surface area contributed by atoms with Crippen LogP contribution in [-0.2, 0) is 9.59 Å². The van der Waals surface area contributed by atoms with Crippen LogP contribution in [0.1, 0.15) is 96.3 Å². The number of carbonyl (C=O) groups excluding carboxylic acids is 2. The molecule has 0 aromatic carbocycles. The molecule has 4 nitrogen and oxygen atoms in total. The minimum Gasteiger partial charge on any atom is -0.343 e. The molecule has 2 saturated carbocycles. The summed E-state index contributed by atoms with van der Waals surface area (Å²) in [5, 5.41) is 0. The zero-order valence-corrected chi connectivity index (χ0v) is 17.8. The normalized spacial score (nSPS) is 28.2. The molecule has 0 aromatic heterocycles. The van der Waals surface area contributed by atoms with Gasteiger partial charge in [0.05, 0.1) is 0 Å². The summed E-state index contributed by atoms with van der Waals surface area (Å²) in [5.74, 6) is 1.93. The zero-order valence-electron chi connectivity index (χ0n) is 17.8. The van der Waals surface area contributed by atoms with Crippen molar-refractivity contribution in [1.82, 2.24) is 9.80 Å². The fourth-order valence-corrected chi connectivity index (χ4v) is 6.63. The minimum atomic E-state index is 0.311. The van der Waals surface area contributed by atoms with Crippen molar-refractivity contribution in [2.24, 2.45) is 17.3 Å². The van der Waals surface area contributed by atoms with Crippen LogP contribution in [0.4, 0.5) is 0 Å². The highest BCUT2D eigenvalue weighted by Crippen LogP contribution is 2.49. The van der Waals surface area contributed by atoms with Crippen LogP contribution in [0.2, 0.25) is 0 Å². The smallest absolute Gasteiger partial charge is 0.222 e. The summed E-state index contributed by atoms with van der Waals surface area (Å²) in [7, 11) is 0. The van der Waals surface area contributed by atoms with E-state index < -0.39 is 0 Å². The van der Waals surface area contributed by atoms with E-state index in [1.54, 1.807) is 0 Å². The average Bonchev–Trinajstić information content (AvgIpc) is 3.37. The van der Waals surface area contributed by atoms with Gasteiger partial charge >= 0.3 is 0 Å². The second-order valence-corrected chi connectivity index (χ2v) is 10.2. The fourth-order valence-electron chi connectivity index (χ4n) is 6.63. The molecule has 2 heterocycles. The first-order valence-corrected chi connectivity index (χ1v) is 12.2. The Morgan fingerprint density at radius 2 is 1.46 bits per heavy atom. The number of rotatable bonds is 5. The fraction of sp³-hybridized carbons (Fsp3) is 0.917. The van der Waals surface area contributed by atoms with Gasteiger partial charge in [-0.2, -0.15) is 0 Å². The van der Waals surface area contributed by atoms with E-state index in [1.165, 1.54) is 77.0 Å². The lowest BCUT2D eigenvalue weighted by Crippen LogP contribution is -2.35. The Labute approximate surface area is 171 Å². The topological polar surface area (TPSA) is 40.6 Å². The molecular formula is C24H40N2O2. The molecule has 0 N–H and O–H groups in total. The van der Waals surface area contributed by atoms with Crippen molar-refractivity contribution in [1.29, 1.82) is 0 Å². The predicted octanol–water partition coefficient (Wildman–Crippen LogP) is 4.77. The molecule has 2 amide bonds. The minimum absolute atomic E-state index is 0.311. The van der Waals surface area contributed by atoms with E-state index in [0.717, 1.165) is 39.0 Å². The first-order chi connectivity index (χ1) is 13.7. The molecule has 1 atom stereocenters. The Morgan fingerprint density at radius 1 is 0.786 bits per heavy atom. The molecule has 4 rings (SSSR count). The van der Waals surface area contributed by atoms with Gasteiger partial charge in [0, 0.05) is 39.0 Å². The third kappa shape index (κ3) is 4.57. The highest BCUT2D eigenvalue weighted by Gasteiger charge is 2.48. The molecule has 1 spiro atoms. The largest absolute Gasteiger partial charge is 0.343 e. The summed E-state index contributed by atoms with van der Waals surface area (Å²) in [6, 6.07) is 0. The molecular weight excluding hydrogens is 348 g/mol. The Balaban J connectivity index is 1.36. The van der Waals surface area contributed by atoms with Crippen molar-refractivity contribution in [3.63, 3.8) is 0 Å². The molecule has 2 aliphatic heterocycles. The summed E-state index contributed by atoms with van der Waals surface area (Å²) < 4.78 is 0. The number of hydrogen-bond donors (Lipinski definition) is 0. The van der Waals surface area contributed by atoms with E-state index in [4.69, 9.17) is 0 Å². The van der Waals surface area contributed by atoms with E-state index in [1.807, 2.05) is 0 Å². The molecule has 2 aliphatic carbocycles. The lowest BCUT2D eigenvalue weighted by molar-refractivity contribution is -0.132. The molecule has 0 radical (unpaired) electrons. The van der Waals surface area contributed by atoms with Crippen molar-refractivity contribution in [2.75, 3.05) is 26.2 Å². The lowest BCUT2D eigenvalue weighted by atomic mass is 9.66. The Kier molecular flexibility index (Phi) is 6.62. The lowest BCUT2D eigenvalue weighted by Gasteiger charge is -2.38. The van der Waals surface area contributed by atoms with Crippen LogP contribution < -0.4 is 0 Å². The van der Waals surface area contributed by atoms with Crippen molar-refractivity contribution in [3.8, 4) is 0 Å². The summed E-state index contributed by atoms with van der Waals surface area (Å²) in [6.07, 6.45) is 17.7. The first kappa shape index (κ1) is 20.2. The van der Waals surface area contributed by atoms with Gasteiger partial charge in [0.2, 0.25) is 11.8 Å². The van der Waals surface area contributed by atoms with E-state index in [0.29, 0.717) is 35.5 Å².